The average Bonchev–Trinajstić information content (AvgIpc) is 2.99. The monoisotopic (exact) mass is 366 g/mol. The molecule has 0 radical (unpaired) electrons. The van der Waals surface area contributed by atoms with Crippen molar-refractivity contribution in [3.05, 3.63) is 66.0 Å². The number of carbonyl (C=O) groups is 3. The van der Waals surface area contributed by atoms with E-state index in [0.29, 0.717) is 6.54 Å². The van der Waals surface area contributed by atoms with Crippen LogP contribution in [-0.4, -0.2) is 33.8 Å². The first-order chi connectivity index (χ1) is 13.1. The first-order valence-corrected chi connectivity index (χ1v) is 8.90. The lowest BCUT2D eigenvalue weighted by molar-refractivity contribution is -0.129. The number of rotatable bonds is 7. The molecule has 1 aromatic heterocycles. The number of nitrogens with one attached hydrogen (secondary N) is 2. The highest BCUT2D eigenvalue weighted by Gasteiger charge is 2.40. The van der Waals surface area contributed by atoms with Crippen LogP contribution >= 0.6 is 0 Å². The molecule has 0 spiro atoms. The minimum atomic E-state index is -0.671. The second-order valence-electron chi connectivity index (χ2n) is 6.47. The van der Waals surface area contributed by atoms with Gasteiger partial charge in [-0.05, 0) is 36.6 Å². The molecule has 1 saturated heterocycles. The van der Waals surface area contributed by atoms with Gasteiger partial charge in [-0.3, -0.25) is 19.5 Å². The highest BCUT2D eigenvalue weighted by molar-refractivity contribution is 6.04. The van der Waals surface area contributed by atoms with Crippen molar-refractivity contribution in [1.82, 2.24) is 20.5 Å². The van der Waals surface area contributed by atoms with E-state index in [4.69, 9.17) is 0 Å². The largest absolute Gasteiger partial charge is 0.352 e. The third kappa shape index (κ3) is 4.49. The minimum absolute atomic E-state index is 0.162. The van der Waals surface area contributed by atoms with Crippen molar-refractivity contribution in [1.29, 1.82) is 0 Å². The van der Waals surface area contributed by atoms with E-state index in [1.807, 2.05) is 49.4 Å². The van der Waals surface area contributed by atoms with Gasteiger partial charge in [0.15, 0.2) is 0 Å². The van der Waals surface area contributed by atoms with Crippen LogP contribution in [0.5, 0.6) is 0 Å². The summed E-state index contributed by atoms with van der Waals surface area (Å²) in [6.07, 6.45) is 3.76. The highest BCUT2D eigenvalue weighted by Crippen LogP contribution is 2.25. The summed E-state index contributed by atoms with van der Waals surface area (Å²) in [6, 6.07) is 11.6. The Kier molecular flexibility index (Phi) is 5.80. The van der Waals surface area contributed by atoms with Crippen LogP contribution in [0.25, 0.3) is 0 Å². The Morgan fingerprint density at radius 1 is 1.19 bits per heavy atom. The van der Waals surface area contributed by atoms with Gasteiger partial charge in [-0.15, -0.1) is 0 Å². The van der Waals surface area contributed by atoms with Gasteiger partial charge >= 0.3 is 6.03 Å². The first kappa shape index (κ1) is 18.6. The Balaban J connectivity index is 1.52. The zero-order chi connectivity index (χ0) is 19.2. The topological polar surface area (TPSA) is 91.4 Å². The van der Waals surface area contributed by atoms with Crippen molar-refractivity contribution in [3.8, 4) is 0 Å². The highest BCUT2D eigenvalue weighted by atomic mass is 16.2. The summed E-state index contributed by atoms with van der Waals surface area (Å²) in [4.78, 5) is 42.1. The lowest BCUT2D eigenvalue weighted by Gasteiger charge is -2.21. The molecular formula is C20H22N4O3. The van der Waals surface area contributed by atoms with Gasteiger partial charge in [0.05, 0.1) is 6.04 Å². The maximum atomic E-state index is 12.6. The number of hydrogen-bond donors (Lipinski definition) is 2. The smallest absolute Gasteiger partial charge is 0.325 e. The molecule has 7 heteroatoms. The minimum Gasteiger partial charge on any atom is -0.352 e. The zero-order valence-electron chi connectivity index (χ0n) is 15.1. The standard InChI is InChI=1S/C20H22N4O3/c1-14(16-5-3-2-4-6-16)24-19(26)17(23-20(24)27)7-8-18(25)22-13-15-9-11-21-12-10-15/h2-6,9-12,14,17H,7-8,13H2,1H3,(H,22,25)(H,23,27)/t14-,17-/m0/s1. The molecule has 4 amide bonds. The fourth-order valence-corrected chi connectivity index (χ4v) is 3.06. The predicted octanol–water partition coefficient (Wildman–Crippen LogP) is 2.16. The Morgan fingerprint density at radius 2 is 1.89 bits per heavy atom. The number of carbonyl (C=O) groups excluding carboxylic acids is 3. The van der Waals surface area contributed by atoms with Crippen molar-refractivity contribution in [2.24, 2.45) is 0 Å². The fraction of sp³-hybridized carbons (Fsp3) is 0.300. The van der Waals surface area contributed by atoms with Crippen LogP contribution in [0.2, 0.25) is 0 Å². The van der Waals surface area contributed by atoms with E-state index >= 15 is 0 Å². The van der Waals surface area contributed by atoms with E-state index in [-0.39, 0.29) is 30.7 Å². The number of benzene rings is 1. The van der Waals surface area contributed by atoms with Gasteiger partial charge in [-0.1, -0.05) is 30.3 Å². The average molecular weight is 366 g/mol. The van der Waals surface area contributed by atoms with Crippen LogP contribution in [0.15, 0.2) is 54.9 Å². The van der Waals surface area contributed by atoms with Gasteiger partial charge in [0.25, 0.3) is 5.91 Å². The summed E-state index contributed by atoms with van der Waals surface area (Å²) in [5.41, 5.74) is 1.84. The summed E-state index contributed by atoms with van der Waals surface area (Å²) >= 11 is 0. The lowest BCUT2D eigenvalue weighted by atomic mass is 10.1. The number of hydrogen-bond acceptors (Lipinski definition) is 4. The number of pyridine rings is 1. The molecule has 0 unspecified atom stereocenters. The molecule has 0 saturated carbocycles. The maximum absolute atomic E-state index is 12.6. The lowest BCUT2D eigenvalue weighted by Crippen LogP contribution is -2.34. The van der Waals surface area contributed by atoms with Gasteiger partial charge in [0.1, 0.15) is 6.04 Å². The molecular weight excluding hydrogens is 344 g/mol. The molecule has 0 bridgehead atoms. The molecule has 1 fully saturated rings. The van der Waals surface area contributed by atoms with Crippen LogP contribution in [0.1, 0.15) is 36.9 Å². The van der Waals surface area contributed by atoms with Crippen molar-refractivity contribution in [3.63, 3.8) is 0 Å². The third-order valence-corrected chi connectivity index (χ3v) is 4.62. The Bertz CT molecular complexity index is 810. The molecule has 140 valence electrons. The molecule has 0 aliphatic carbocycles. The molecule has 2 N–H and O–H groups in total. The molecule has 1 aliphatic rings. The van der Waals surface area contributed by atoms with E-state index in [1.54, 1.807) is 12.4 Å². The van der Waals surface area contributed by atoms with Gasteiger partial charge in [0, 0.05) is 25.4 Å². The normalized spacial score (nSPS) is 17.5. The second kappa shape index (κ2) is 8.44. The molecule has 3 rings (SSSR count). The van der Waals surface area contributed by atoms with Crippen LogP contribution in [0.4, 0.5) is 4.79 Å². The number of aromatic nitrogens is 1. The summed E-state index contributed by atoms with van der Waals surface area (Å²) < 4.78 is 0. The third-order valence-electron chi connectivity index (χ3n) is 4.62. The quantitative estimate of drug-likeness (QED) is 0.735. The summed E-state index contributed by atoms with van der Waals surface area (Å²) in [5, 5.41) is 5.49. The van der Waals surface area contributed by atoms with Crippen molar-refractivity contribution < 1.29 is 14.4 Å². The predicted molar refractivity (Wildman–Crippen MR) is 99.3 cm³/mol. The van der Waals surface area contributed by atoms with Crippen molar-refractivity contribution in [2.75, 3.05) is 0 Å². The molecule has 27 heavy (non-hydrogen) atoms. The number of urea groups is 1. The summed E-state index contributed by atoms with van der Waals surface area (Å²) in [5.74, 6) is -0.457. The Labute approximate surface area is 157 Å². The zero-order valence-corrected chi connectivity index (χ0v) is 15.1. The first-order valence-electron chi connectivity index (χ1n) is 8.90. The van der Waals surface area contributed by atoms with Crippen molar-refractivity contribution >= 4 is 17.8 Å². The second-order valence-corrected chi connectivity index (χ2v) is 6.47. The Morgan fingerprint density at radius 3 is 2.59 bits per heavy atom. The van der Waals surface area contributed by atoms with Crippen molar-refractivity contribution in [2.45, 2.75) is 38.4 Å². The van der Waals surface area contributed by atoms with Crippen LogP contribution in [-0.2, 0) is 16.1 Å². The fourth-order valence-electron chi connectivity index (χ4n) is 3.06. The van der Waals surface area contributed by atoms with Gasteiger partial charge in [-0.25, -0.2) is 4.79 Å². The summed E-state index contributed by atoms with van der Waals surface area (Å²) in [6.45, 7) is 2.22. The van der Waals surface area contributed by atoms with Gasteiger partial charge in [0.2, 0.25) is 5.91 Å². The van der Waals surface area contributed by atoms with E-state index in [2.05, 4.69) is 15.6 Å². The van der Waals surface area contributed by atoms with Crippen LogP contribution in [0, 0.1) is 0 Å². The van der Waals surface area contributed by atoms with Crippen LogP contribution in [0.3, 0.4) is 0 Å². The number of nitrogens with zero attached hydrogens (tertiary/aromatic N) is 2. The van der Waals surface area contributed by atoms with E-state index < -0.39 is 12.1 Å². The molecule has 1 aromatic carbocycles. The van der Waals surface area contributed by atoms with E-state index in [0.717, 1.165) is 11.1 Å². The summed E-state index contributed by atoms with van der Waals surface area (Å²) in [7, 11) is 0. The number of imide groups is 1. The van der Waals surface area contributed by atoms with Gasteiger partial charge in [-0.2, -0.15) is 0 Å². The Hall–Kier alpha value is -3.22. The molecule has 2 atom stereocenters. The number of amides is 4. The molecule has 1 aliphatic heterocycles. The molecule has 7 nitrogen and oxygen atoms in total. The molecule has 2 aromatic rings. The van der Waals surface area contributed by atoms with E-state index in [1.165, 1.54) is 4.90 Å². The van der Waals surface area contributed by atoms with Gasteiger partial charge < -0.3 is 10.6 Å². The SMILES string of the molecule is C[C@@H](c1ccccc1)N1C(=O)N[C@@H](CCC(=O)NCc2ccncc2)C1=O. The van der Waals surface area contributed by atoms with E-state index in [9.17, 15) is 14.4 Å². The molecule has 2 heterocycles. The van der Waals surface area contributed by atoms with Crippen LogP contribution < -0.4 is 10.6 Å². The maximum Gasteiger partial charge on any atom is 0.325 e.